The summed E-state index contributed by atoms with van der Waals surface area (Å²) < 4.78 is 8.88. The van der Waals surface area contributed by atoms with E-state index in [-0.39, 0.29) is 0 Å². The number of para-hydroxylation sites is 3. The van der Waals surface area contributed by atoms with Gasteiger partial charge in [0.15, 0.2) is 5.82 Å². The Morgan fingerprint density at radius 1 is 0.257 bits per heavy atom. The minimum Gasteiger partial charge on any atom is -0.309 e. The molecule has 0 atom stereocenters. The third-order valence-electron chi connectivity index (χ3n) is 14.5. The molecule has 0 saturated carbocycles. The molecule has 74 heavy (non-hydrogen) atoms. The first-order valence-corrected chi connectivity index (χ1v) is 24.9. The Kier molecular flexibility index (Phi) is 9.40. The first kappa shape index (κ1) is 41.6. The van der Waals surface area contributed by atoms with Gasteiger partial charge in [-0.25, -0.2) is 19.3 Å². The van der Waals surface area contributed by atoms with Crippen LogP contribution < -0.4 is 0 Å². The molecule has 0 spiro atoms. The number of rotatable bonds is 8. The summed E-state index contributed by atoms with van der Waals surface area (Å²) in [6.45, 7) is 0. The molecule has 0 saturated heterocycles. The van der Waals surface area contributed by atoms with Crippen LogP contribution in [-0.4, -0.2) is 38.7 Å². The van der Waals surface area contributed by atoms with Crippen LogP contribution in [0.25, 0.3) is 133 Å². The maximum absolute atomic E-state index is 5.23. The Morgan fingerprint density at radius 3 is 1.20 bits per heavy atom. The van der Waals surface area contributed by atoms with E-state index < -0.39 is 0 Å². The van der Waals surface area contributed by atoms with Crippen molar-refractivity contribution in [3.8, 4) is 67.8 Å². The maximum atomic E-state index is 5.23. The van der Waals surface area contributed by atoms with Crippen molar-refractivity contribution in [2.45, 2.75) is 0 Å². The van der Waals surface area contributed by atoms with Crippen LogP contribution in [0.2, 0.25) is 0 Å². The zero-order valence-corrected chi connectivity index (χ0v) is 39.8. The molecular weight excluding hydrogens is 905 g/mol. The highest BCUT2D eigenvalue weighted by Gasteiger charge is 2.22. The molecule has 0 N–H and O–H groups in total. The van der Waals surface area contributed by atoms with Crippen molar-refractivity contribution in [2.24, 2.45) is 0 Å². The molecule has 0 bridgehead atoms. The zero-order chi connectivity index (χ0) is 48.7. The van der Waals surface area contributed by atoms with Gasteiger partial charge in [-0.15, -0.1) is 0 Å². The minimum absolute atomic E-state index is 0.682. The van der Waals surface area contributed by atoms with Crippen LogP contribution in [-0.2, 0) is 0 Å². The van der Waals surface area contributed by atoms with Gasteiger partial charge in [0, 0.05) is 60.4 Å². The van der Waals surface area contributed by atoms with Crippen LogP contribution in [0.3, 0.4) is 0 Å². The molecule has 0 aliphatic carbocycles. The highest BCUT2D eigenvalue weighted by atomic mass is 15.3. The van der Waals surface area contributed by atoms with E-state index in [0.29, 0.717) is 5.82 Å². The number of fused-ring (bicyclic) bond motifs is 10. The van der Waals surface area contributed by atoms with Gasteiger partial charge in [-0.2, -0.15) is 10.2 Å². The van der Waals surface area contributed by atoms with Gasteiger partial charge in [-0.3, -0.25) is 0 Å². The Balaban J connectivity index is 0.929. The molecule has 0 aliphatic rings. The van der Waals surface area contributed by atoms with E-state index in [1.807, 2.05) is 58.2 Å². The Hall–Kier alpha value is -10.2. The number of aromatic nitrogens is 8. The molecule has 5 heterocycles. The summed E-state index contributed by atoms with van der Waals surface area (Å²) in [6, 6.07) is 85.6. The second kappa shape index (κ2) is 16.7. The molecule has 15 aromatic rings. The van der Waals surface area contributed by atoms with Gasteiger partial charge in [0.25, 0.3) is 0 Å². The molecule has 346 valence electrons. The zero-order valence-electron chi connectivity index (χ0n) is 39.8. The lowest BCUT2D eigenvalue weighted by Crippen LogP contribution is -1.98. The molecule has 0 unspecified atom stereocenters. The van der Waals surface area contributed by atoms with E-state index in [1.165, 1.54) is 10.8 Å². The average Bonchev–Trinajstić information content (AvgIpc) is 4.27. The fraction of sp³-hybridized carbons (Fsp3) is 0. The second-order valence-corrected chi connectivity index (χ2v) is 18.8. The van der Waals surface area contributed by atoms with Crippen LogP contribution in [0.15, 0.2) is 255 Å². The first-order valence-electron chi connectivity index (χ1n) is 24.9. The van der Waals surface area contributed by atoms with Gasteiger partial charge < -0.3 is 9.13 Å². The Morgan fingerprint density at radius 2 is 0.676 bits per heavy atom. The fourth-order valence-electron chi connectivity index (χ4n) is 11.1. The van der Waals surface area contributed by atoms with E-state index in [4.69, 9.17) is 20.2 Å². The molecule has 15 rings (SSSR count). The van der Waals surface area contributed by atoms with Gasteiger partial charge in [0.05, 0.1) is 68.3 Å². The monoisotopic (exact) mass is 946 g/mol. The minimum atomic E-state index is 0.682. The largest absolute Gasteiger partial charge is 0.309 e. The van der Waals surface area contributed by atoms with E-state index >= 15 is 0 Å². The Bertz CT molecular complexity index is 4570. The van der Waals surface area contributed by atoms with E-state index in [0.717, 1.165) is 117 Å². The molecule has 8 nitrogen and oxygen atoms in total. The highest BCUT2D eigenvalue weighted by Crippen LogP contribution is 2.43. The fourth-order valence-corrected chi connectivity index (χ4v) is 11.1. The summed E-state index contributed by atoms with van der Waals surface area (Å²) in [5, 5.41) is 16.8. The molecule has 10 aromatic carbocycles. The van der Waals surface area contributed by atoms with E-state index in [2.05, 4.69) is 215 Å². The van der Waals surface area contributed by atoms with Crippen LogP contribution in [0.5, 0.6) is 0 Å². The standard InChI is InChI=1S/C66H42N8/c1-6-17-43(18-7-1)58-40-59(70-66(69-58)44-19-8-2-9-20-44)47-21-16-28-51(37-47)72-61-34-30-46(39-55(61)53-32-36-63-57(65(53)72)42-68-74(63)50-26-14-5-15-27-50)45-29-33-60-54(38-45)52-31-35-62-56(41-67-73(62)49-24-12-4-13-25-49)64(52)71(60)48-22-10-3-11-23-48/h1-42H. The molecule has 8 heteroatoms. The third kappa shape index (κ3) is 6.62. The predicted octanol–water partition coefficient (Wildman–Crippen LogP) is 16.0. The summed E-state index contributed by atoms with van der Waals surface area (Å²) >= 11 is 0. The van der Waals surface area contributed by atoms with Gasteiger partial charge in [-0.1, -0.05) is 140 Å². The van der Waals surface area contributed by atoms with Crippen molar-refractivity contribution in [2.75, 3.05) is 0 Å². The third-order valence-corrected chi connectivity index (χ3v) is 14.5. The van der Waals surface area contributed by atoms with E-state index in [1.54, 1.807) is 0 Å². The molecule has 5 aromatic heterocycles. The number of benzene rings is 10. The topological polar surface area (TPSA) is 71.3 Å². The summed E-state index contributed by atoms with van der Waals surface area (Å²) in [6.07, 6.45) is 4.03. The van der Waals surface area contributed by atoms with Crippen LogP contribution >= 0.6 is 0 Å². The first-order chi connectivity index (χ1) is 36.7. The number of hydrogen-bond acceptors (Lipinski definition) is 4. The average molecular weight is 947 g/mol. The second-order valence-electron chi connectivity index (χ2n) is 18.8. The van der Waals surface area contributed by atoms with Crippen molar-refractivity contribution in [3.63, 3.8) is 0 Å². The van der Waals surface area contributed by atoms with Gasteiger partial charge in [0.2, 0.25) is 0 Å². The number of hydrogen-bond donors (Lipinski definition) is 0. The van der Waals surface area contributed by atoms with Crippen molar-refractivity contribution in [1.29, 1.82) is 0 Å². The van der Waals surface area contributed by atoms with E-state index in [9.17, 15) is 0 Å². The van der Waals surface area contributed by atoms with Crippen molar-refractivity contribution in [1.82, 2.24) is 38.7 Å². The summed E-state index contributed by atoms with van der Waals surface area (Å²) in [4.78, 5) is 10.3. The van der Waals surface area contributed by atoms with Gasteiger partial charge >= 0.3 is 0 Å². The molecule has 0 aliphatic heterocycles. The van der Waals surface area contributed by atoms with Gasteiger partial charge in [-0.05, 0) is 114 Å². The number of nitrogens with zero attached hydrogens (tertiary/aromatic N) is 8. The van der Waals surface area contributed by atoms with Crippen molar-refractivity contribution < 1.29 is 0 Å². The molecule has 0 fully saturated rings. The summed E-state index contributed by atoms with van der Waals surface area (Å²) in [5.74, 6) is 0.682. The lowest BCUT2D eigenvalue weighted by atomic mass is 10.00. The van der Waals surface area contributed by atoms with Crippen LogP contribution in [0.4, 0.5) is 0 Å². The van der Waals surface area contributed by atoms with Crippen molar-refractivity contribution in [3.05, 3.63) is 255 Å². The van der Waals surface area contributed by atoms with Gasteiger partial charge in [0.1, 0.15) is 0 Å². The normalized spacial score (nSPS) is 11.8. The van der Waals surface area contributed by atoms with Crippen LogP contribution in [0.1, 0.15) is 0 Å². The molecule has 0 amide bonds. The smallest absolute Gasteiger partial charge is 0.160 e. The quantitative estimate of drug-likeness (QED) is 0.152. The SMILES string of the molecule is c1ccc(-c2cc(-c3cccc(-n4c5ccc(-c6ccc7c(c6)c6ccc8c(cnn8-c8ccccc8)c6n7-c6ccccc6)cc5c5ccc6c(cnn6-c6ccccc6)c54)c3)nc(-c3ccccc3)n2)cc1. The van der Waals surface area contributed by atoms with Crippen molar-refractivity contribution >= 4 is 65.4 Å². The summed E-state index contributed by atoms with van der Waals surface area (Å²) in [5.41, 5.74) is 17.7. The predicted molar refractivity (Wildman–Crippen MR) is 302 cm³/mol. The lowest BCUT2D eigenvalue weighted by molar-refractivity contribution is 0.911. The highest BCUT2D eigenvalue weighted by molar-refractivity contribution is 6.20. The van der Waals surface area contributed by atoms with Crippen LogP contribution in [0, 0.1) is 0 Å². The Labute approximate surface area is 424 Å². The maximum Gasteiger partial charge on any atom is 0.160 e. The lowest BCUT2D eigenvalue weighted by Gasteiger charge is -2.13. The summed E-state index contributed by atoms with van der Waals surface area (Å²) in [7, 11) is 0. The molecular formula is C66H42N8. The molecule has 0 radical (unpaired) electrons.